The Morgan fingerprint density at radius 3 is 2.63 bits per heavy atom. The molecule has 0 aliphatic carbocycles. The van der Waals surface area contributed by atoms with Crippen molar-refractivity contribution in [2.45, 2.75) is 6.92 Å². The lowest BCUT2D eigenvalue weighted by Gasteiger charge is -2.22. The number of para-hydroxylation sites is 2. The van der Waals surface area contributed by atoms with Gasteiger partial charge in [-0.25, -0.2) is 0 Å². The van der Waals surface area contributed by atoms with Gasteiger partial charge in [0.05, 0.1) is 23.9 Å². The summed E-state index contributed by atoms with van der Waals surface area (Å²) in [6, 6.07) is 16.5. The number of aromatic nitrogens is 1. The molecule has 0 fully saturated rings. The lowest BCUT2D eigenvalue weighted by molar-refractivity contribution is -0.116. The molecule has 3 rings (SSSR count). The van der Waals surface area contributed by atoms with Crippen molar-refractivity contribution in [3.63, 3.8) is 0 Å². The molecule has 6 heteroatoms. The molecular weight excluding hydrogens is 342 g/mol. The monoisotopic (exact) mass is 363 g/mol. The quantitative estimate of drug-likeness (QED) is 0.731. The summed E-state index contributed by atoms with van der Waals surface area (Å²) < 4.78 is 5.22. The molecule has 2 amide bonds. The maximum absolute atomic E-state index is 12.4. The predicted molar refractivity (Wildman–Crippen MR) is 105 cm³/mol. The number of fused-ring (bicyclic) bond motifs is 1. The van der Waals surface area contributed by atoms with E-state index in [4.69, 9.17) is 4.74 Å². The number of hydrogen-bond donors (Lipinski definition) is 1. The molecule has 2 aromatic carbocycles. The molecule has 6 nitrogen and oxygen atoms in total. The van der Waals surface area contributed by atoms with Crippen molar-refractivity contribution in [3.8, 4) is 5.75 Å². The zero-order valence-electron chi connectivity index (χ0n) is 15.3. The van der Waals surface area contributed by atoms with Gasteiger partial charge < -0.3 is 15.0 Å². The molecule has 1 heterocycles. The molecule has 0 atom stereocenters. The number of carbonyl (C=O) groups is 2. The minimum atomic E-state index is -0.244. The highest BCUT2D eigenvalue weighted by Crippen LogP contribution is 2.24. The Hall–Kier alpha value is -3.41. The van der Waals surface area contributed by atoms with E-state index in [2.05, 4.69) is 10.3 Å². The topological polar surface area (TPSA) is 71.5 Å². The number of benzene rings is 2. The third-order valence-corrected chi connectivity index (χ3v) is 4.25. The molecule has 0 aliphatic heterocycles. The lowest BCUT2D eigenvalue weighted by Crippen LogP contribution is -2.37. The van der Waals surface area contributed by atoms with Crippen molar-refractivity contribution in [2.75, 3.05) is 25.1 Å². The Labute approximate surface area is 157 Å². The highest BCUT2D eigenvalue weighted by atomic mass is 16.5. The number of anilines is 1. The van der Waals surface area contributed by atoms with Crippen LogP contribution in [0.5, 0.6) is 5.75 Å². The number of pyridine rings is 1. The summed E-state index contributed by atoms with van der Waals surface area (Å²) in [5.74, 6) is 0.156. The molecule has 0 radical (unpaired) electrons. The van der Waals surface area contributed by atoms with Gasteiger partial charge in [0, 0.05) is 31.6 Å². The van der Waals surface area contributed by atoms with E-state index in [1.807, 2.05) is 30.3 Å². The molecule has 0 unspecified atom stereocenters. The van der Waals surface area contributed by atoms with Gasteiger partial charge in [-0.2, -0.15) is 0 Å². The zero-order chi connectivity index (χ0) is 19.2. The summed E-state index contributed by atoms with van der Waals surface area (Å²) in [4.78, 5) is 30.6. The normalized spacial score (nSPS) is 10.4. The maximum Gasteiger partial charge on any atom is 0.255 e. The molecule has 0 saturated carbocycles. The van der Waals surface area contributed by atoms with Crippen LogP contribution in [0.2, 0.25) is 0 Å². The van der Waals surface area contributed by atoms with Crippen molar-refractivity contribution in [2.24, 2.45) is 0 Å². The summed E-state index contributed by atoms with van der Waals surface area (Å²) in [7, 11) is 1.52. The van der Waals surface area contributed by atoms with Gasteiger partial charge in [0.2, 0.25) is 5.91 Å². The van der Waals surface area contributed by atoms with Crippen LogP contribution in [0, 0.1) is 0 Å². The van der Waals surface area contributed by atoms with Crippen LogP contribution < -0.4 is 15.0 Å². The minimum Gasteiger partial charge on any atom is -0.496 e. The van der Waals surface area contributed by atoms with Crippen LogP contribution in [-0.4, -0.2) is 37.0 Å². The first kappa shape index (κ1) is 18.4. The molecule has 1 aromatic heterocycles. The predicted octanol–water partition coefficient (Wildman–Crippen LogP) is 3.03. The Kier molecular flexibility index (Phi) is 5.66. The van der Waals surface area contributed by atoms with E-state index in [9.17, 15) is 9.59 Å². The highest BCUT2D eigenvalue weighted by molar-refractivity contribution is 6.01. The molecule has 3 aromatic rings. The van der Waals surface area contributed by atoms with Crippen LogP contribution in [0.1, 0.15) is 17.3 Å². The van der Waals surface area contributed by atoms with Crippen molar-refractivity contribution in [1.82, 2.24) is 10.3 Å². The van der Waals surface area contributed by atoms with Crippen LogP contribution in [0.25, 0.3) is 10.9 Å². The Balaban J connectivity index is 1.74. The summed E-state index contributed by atoms with van der Waals surface area (Å²) in [6.07, 6.45) is 1.70. The van der Waals surface area contributed by atoms with E-state index in [0.717, 1.165) is 16.6 Å². The van der Waals surface area contributed by atoms with Crippen molar-refractivity contribution in [1.29, 1.82) is 0 Å². The Morgan fingerprint density at radius 2 is 1.85 bits per heavy atom. The van der Waals surface area contributed by atoms with Crippen LogP contribution in [-0.2, 0) is 4.79 Å². The van der Waals surface area contributed by atoms with E-state index >= 15 is 0 Å². The van der Waals surface area contributed by atoms with Gasteiger partial charge in [0.25, 0.3) is 5.91 Å². The molecule has 27 heavy (non-hydrogen) atoms. The summed E-state index contributed by atoms with van der Waals surface area (Å²) in [5, 5.41) is 3.80. The van der Waals surface area contributed by atoms with Gasteiger partial charge in [-0.05, 0) is 24.3 Å². The Bertz CT molecular complexity index is 966. The fourth-order valence-electron chi connectivity index (χ4n) is 2.96. The number of rotatable bonds is 6. The molecule has 1 N–H and O–H groups in total. The molecular formula is C21H21N3O3. The Morgan fingerprint density at radius 1 is 1.07 bits per heavy atom. The van der Waals surface area contributed by atoms with E-state index in [-0.39, 0.29) is 11.8 Å². The van der Waals surface area contributed by atoms with Crippen LogP contribution >= 0.6 is 0 Å². The molecule has 0 spiro atoms. The molecule has 138 valence electrons. The number of ether oxygens (including phenoxy) is 1. The number of carbonyl (C=O) groups excluding carboxylic acids is 2. The van der Waals surface area contributed by atoms with Crippen molar-refractivity contribution >= 4 is 28.4 Å². The second kappa shape index (κ2) is 8.31. The largest absolute Gasteiger partial charge is 0.496 e. The average molecular weight is 363 g/mol. The summed E-state index contributed by atoms with van der Waals surface area (Å²) in [6.45, 7) is 2.15. The van der Waals surface area contributed by atoms with E-state index in [0.29, 0.717) is 24.4 Å². The van der Waals surface area contributed by atoms with Gasteiger partial charge >= 0.3 is 0 Å². The smallest absolute Gasteiger partial charge is 0.255 e. The average Bonchev–Trinajstić information content (AvgIpc) is 2.70. The fraction of sp³-hybridized carbons (Fsp3) is 0.190. The molecule has 0 bridgehead atoms. The second-order valence-electron chi connectivity index (χ2n) is 5.98. The number of nitrogens with zero attached hydrogens (tertiary/aromatic N) is 2. The van der Waals surface area contributed by atoms with Gasteiger partial charge in [-0.15, -0.1) is 0 Å². The fourth-order valence-corrected chi connectivity index (χ4v) is 2.96. The first-order valence-corrected chi connectivity index (χ1v) is 8.65. The van der Waals surface area contributed by atoms with E-state index < -0.39 is 0 Å². The standard InChI is InChI=1S/C21H21N3O3/c1-15(25)24(18-10-5-7-16-8-6-12-22-20(16)18)14-13-23-21(26)17-9-3-4-11-19(17)27-2/h3-12H,13-14H2,1-2H3,(H,23,26). The summed E-state index contributed by atoms with van der Waals surface area (Å²) >= 11 is 0. The first-order valence-electron chi connectivity index (χ1n) is 8.65. The van der Waals surface area contributed by atoms with Crippen LogP contribution in [0.3, 0.4) is 0 Å². The van der Waals surface area contributed by atoms with E-state index in [1.165, 1.54) is 14.0 Å². The van der Waals surface area contributed by atoms with Crippen molar-refractivity contribution < 1.29 is 14.3 Å². The van der Waals surface area contributed by atoms with Gasteiger partial charge in [0.15, 0.2) is 0 Å². The SMILES string of the molecule is COc1ccccc1C(=O)NCCN(C(C)=O)c1cccc2cccnc12. The highest BCUT2D eigenvalue weighted by Gasteiger charge is 2.16. The molecule has 0 aliphatic rings. The van der Waals surface area contributed by atoms with Gasteiger partial charge in [-0.3, -0.25) is 14.6 Å². The van der Waals surface area contributed by atoms with Crippen LogP contribution in [0.4, 0.5) is 5.69 Å². The lowest BCUT2D eigenvalue weighted by atomic mass is 10.1. The number of methoxy groups -OCH3 is 1. The molecule has 0 saturated heterocycles. The van der Waals surface area contributed by atoms with Crippen molar-refractivity contribution in [3.05, 3.63) is 66.4 Å². The second-order valence-corrected chi connectivity index (χ2v) is 5.98. The third kappa shape index (κ3) is 4.06. The van der Waals surface area contributed by atoms with Crippen LogP contribution in [0.15, 0.2) is 60.8 Å². The maximum atomic E-state index is 12.4. The first-order chi connectivity index (χ1) is 13.1. The van der Waals surface area contributed by atoms with E-state index in [1.54, 1.807) is 35.4 Å². The zero-order valence-corrected chi connectivity index (χ0v) is 15.3. The number of hydrogen-bond acceptors (Lipinski definition) is 4. The summed E-state index contributed by atoms with van der Waals surface area (Å²) in [5.41, 5.74) is 1.94. The third-order valence-electron chi connectivity index (χ3n) is 4.25. The number of nitrogens with one attached hydrogen (secondary N) is 1. The minimum absolute atomic E-state index is 0.111. The van der Waals surface area contributed by atoms with Gasteiger partial charge in [0.1, 0.15) is 5.75 Å². The number of amides is 2. The van der Waals surface area contributed by atoms with Gasteiger partial charge in [-0.1, -0.05) is 30.3 Å².